The zero-order valence-electron chi connectivity index (χ0n) is 21.5. The monoisotopic (exact) mass is 555 g/mol. The van der Waals surface area contributed by atoms with Crippen LogP contribution < -0.4 is 9.80 Å². The summed E-state index contributed by atoms with van der Waals surface area (Å²) >= 11 is 0. The number of hydrogen-bond donors (Lipinski definition) is 0. The Hall–Kier alpha value is -4.50. The summed E-state index contributed by atoms with van der Waals surface area (Å²) < 4.78 is 41.0. The molecule has 9 heteroatoms. The van der Waals surface area contributed by atoms with Gasteiger partial charge in [-0.1, -0.05) is 42.5 Å². The maximum atomic E-state index is 13.8. The third kappa shape index (κ3) is 4.62. The molecule has 1 saturated heterocycles. The van der Waals surface area contributed by atoms with Gasteiger partial charge in [-0.05, 0) is 60.2 Å². The molecule has 40 heavy (non-hydrogen) atoms. The number of para-hydroxylation sites is 1. The molecule has 4 aromatic carbocycles. The van der Waals surface area contributed by atoms with Crippen LogP contribution in [0.15, 0.2) is 107 Å². The number of nitrogens with zero attached hydrogens (tertiary/aromatic N) is 3. The summed E-state index contributed by atoms with van der Waals surface area (Å²) in [4.78, 5) is 32.6. The molecule has 0 N–H and O–H groups in total. The molecule has 0 bridgehead atoms. The van der Waals surface area contributed by atoms with Crippen LogP contribution in [0.2, 0.25) is 0 Å². The predicted octanol–water partition coefficient (Wildman–Crippen LogP) is 4.78. The molecule has 202 valence electrons. The summed E-state index contributed by atoms with van der Waals surface area (Å²) in [5.41, 5.74) is 2.18. The minimum atomic E-state index is -4.06. The summed E-state index contributed by atoms with van der Waals surface area (Å²) in [5.74, 6) is -1.16. The molecule has 0 aromatic heterocycles. The maximum Gasteiger partial charge on any atom is 0.259 e. The van der Waals surface area contributed by atoms with Gasteiger partial charge in [-0.3, -0.25) is 9.59 Å². The Morgan fingerprint density at radius 2 is 1.45 bits per heavy atom. The smallest absolute Gasteiger partial charge is 0.259 e. The number of sulfone groups is 1. The molecule has 0 unspecified atom stereocenters. The van der Waals surface area contributed by atoms with Crippen molar-refractivity contribution in [3.8, 4) is 0 Å². The Kier molecular flexibility index (Phi) is 6.59. The van der Waals surface area contributed by atoms with Gasteiger partial charge in [0, 0.05) is 37.4 Å². The molecular weight excluding hydrogens is 529 g/mol. The molecule has 1 fully saturated rings. The molecule has 0 aliphatic carbocycles. The third-order valence-electron chi connectivity index (χ3n) is 7.38. The molecule has 0 spiro atoms. The predicted molar refractivity (Wildman–Crippen MR) is 150 cm³/mol. The van der Waals surface area contributed by atoms with Crippen molar-refractivity contribution in [1.82, 2.24) is 4.90 Å². The molecule has 4 aromatic rings. The van der Waals surface area contributed by atoms with E-state index in [-0.39, 0.29) is 33.5 Å². The number of carbonyl (C=O) groups is 2. The van der Waals surface area contributed by atoms with Crippen LogP contribution in [0.1, 0.15) is 26.3 Å². The van der Waals surface area contributed by atoms with E-state index in [1.54, 1.807) is 29.2 Å². The maximum absolute atomic E-state index is 13.8. The summed E-state index contributed by atoms with van der Waals surface area (Å²) in [6, 6.07) is 26.2. The van der Waals surface area contributed by atoms with Crippen LogP contribution in [0.3, 0.4) is 0 Å². The molecule has 6 rings (SSSR count). The van der Waals surface area contributed by atoms with Gasteiger partial charge in [0.2, 0.25) is 9.84 Å². The van der Waals surface area contributed by atoms with Gasteiger partial charge in [-0.2, -0.15) is 0 Å². The van der Waals surface area contributed by atoms with Gasteiger partial charge in [-0.15, -0.1) is 0 Å². The van der Waals surface area contributed by atoms with Gasteiger partial charge in [0.05, 0.1) is 27.6 Å². The second-order valence-corrected chi connectivity index (χ2v) is 11.7. The molecule has 0 saturated carbocycles. The lowest BCUT2D eigenvalue weighted by Crippen LogP contribution is -2.48. The van der Waals surface area contributed by atoms with Crippen molar-refractivity contribution in [2.75, 3.05) is 36.0 Å². The number of rotatable bonds is 4. The normalized spacial score (nSPS) is 16.2. The SMILES string of the molecule is O=C(c1ccc2c(c1)N(Cc1ccc(F)cc1)C(=O)c1ccccc1S2(=O)=O)N1CCN(c2ccccc2)CC1. The Labute approximate surface area is 232 Å². The van der Waals surface area contributed by atoms with Crippen LogP contribution in [-0.2, 0) is 16.4 Å². The summed E-state index contributed by atoms with van der Waals surface area (Å²) in [6.07, 6.45) is 0. The number of hydrogen-bond acceptors (Lipinski definition) is 5. The average Bonchev–Trinajstić information content (AvgIpc) is 3.06. The number of fused-ring (bicyclic) bond motifs is 2. The largest absolute Gasteiger partial charge is 0.368 e. The number of carbonyl (C=O) groups excluding carboxylic acids is 2. The topological polar surface area (TPSA) is 78.0 Å². The van der Waals surface area contributed by atoms with Crippen LogP contribution in [0, 0.1) is 5.82 Å². The van der Waals surface area contributed by atoms with Crippen LogP contribution in [0.5, 0.6) is 0 Å². The van der Waals surface area contributed by atoms with E-state index in [0.717, 1.165) is 5.69 Å². The second kappa shape index (κ2) is 10.2. The van der Waals surface area contributed by atoms with Crippen LogP contribution in [0.25, 0.3) is 0 Å². The average molecular weight is 556 g/mol. The second-order valence-electron chi connectivity index (χ2n) is 9.81. The van der Waals surface area contributed by atoms with E-state index < -0.39 is 21.6 Å². The number of anilines is 2. The number of amides is 2. The van der Waals surface area contributed by atoms with Crippen molar-refractivity contribution in [2.24, 2.45) is 0 Å². The number of halogens is 1. The van der Waals surface area contributed by atoms with E-state index in [0.29, 0.717) is 37.3 Å². The highest BCUT2D eigenvalue weighted by molar-refractivity contribution is 7.91. The fourth-order valence-corrected chi connectivity index (χ4v) is 6.89. The van der Waals surface area contributed by atoms with Gasteiger partial charge in [-0.25, -0.2) is 12.8 Å². The first-order valence-corrected chi connectivity index (χ1v) is 14.4. The lowest BCUT2D eigenvalue weighted by Gasteiger charge is -2.36. The van der Waals surface area contributed by atoms with E-state index in [9.17, 15) is 22.4 Å². The Morgan fingerprint density at radius 3 is 2.17 bits per heavy atom. The third-order valence-corrected chi connectivity index (χ3v) is 9.24. The van der Waals surface area contributed by atoms with Crippen molar-refractivity contribution in [3.63, 3.8) is 0 Å². The lowest BCUT2D eigenvalue weighted by molar-refractivity contribution is 0.0746. The molecule has 0 radical (unpaired) electrons. The summed E-state index contributed by atoms with van der Waals surface area (Å²) in [7, 11) is -4.06. The fourth-order valence-electron chi connectivity index (χ4n) is 5.26. The first-order valence-electron chi connectivity index (χ1n) is 13.0. The van der Waals surface area contributed by atoms with Gasteiger partial charge in [0.15, 0.2) is 0 Å². The van der Waals surface area contributed by atoms with Gasteiger partial charge < -0.3 is 14.7 Å². The van der Waals surface area contributed by atoms with Crippen molar-refractivity contribution >= 4 is 33.0 Å². The number of piperazine rings is 1. The van der Waals surface area contributed by atoms with E-state index >= 15 is 0 Å². The van der Waals surface area contributed by atoms with Gasteiger partial charge >= 0.3 is 0 Å². The minimum Gasteiger partial charge on any atom is -0.368 e. The van der Waals surface area contributed by atoms with E-state index in [2.05, 4.69) is 4.90 Å². The Balaban J connectivity index is 1.36. The molecule has 2 aliphatic heterocycles. The Bertz CT molecular complexity index is 1700. The van der Waals surface area contributed by atoms with Crippen molar-refractivity contribution in [3.05, 3.63) is 120 Å². The fraction of sp³-hybridized carbons (Fsp3) is 0.161. The van der Waals surface area contributed by atoms with Gasteiger partial charge in [0.1, 0.15) is 5.82 Å². The van der Waals surface area contributed by atoms with Gasteiger partial charge in [0.25, 0.3) is 11.8 Å². The molecular formula is C31H26FN3O4S. The summed E-state index contributed by atoms with van der Waals surface area (Å²) in [5, 5.41) is 0. The molecule has 0 atom stereocenters. The van der Waals surface area contributed by atoms with Crippen LogP contribution >= 0.6 is 0 Å². The number of benzene rings is 4. The first-order chi connectivity index (χ1) is 19.3. The Morgan fingerprint density at radius 1 is 0.775 bits per heavy atom. The van der Waals surface area contributed by atoms with Crippen molar-refractivity contribution in [1.29, 1.82) is 0 Å². The quantitative estimate of drug-likeness (QED) is 0.362. The minimum absolute atomic E-state index is 0.00333. The standard InChI is InChI=1S/C31H26FN3O4S/c32-24-13-10-22(11-14-24)21-35-27-20-23(30(36)34-18-16-33(17-19-34)25-6-2-1-3-7-25)12-15-29(27)40(38,39)28-9-5-4-8-26(28)31(35)37/h1-15,20H,16-19,21H2. The highest BCUT2D eigenvalue weighted by Crippen LogP contribution is 2.38. The van der Waals surface area contributed by atoms with Crippen molar-refractivity contribution in [2.45, 2.75) is 16.3 Å². The van der Waals surface area contributed by atoms with Crippen LogP contribution in [0.4, 0.5) is 15.8 Å². The van der Waals surface area contributed by atoms with E-state index in [1.807, 2.05) is 30.3 Å². The highest BCUT2D eigenvalue weighted by atomic mass is 32.2. The molecule has 2 heterocycles. The zero-order valence-corrected chi connectivity index (χ0v) is 22.4. The molecule has 2 aliphatic rings. The molecule has 2 amide bonds. The summed E-state index contributed by atoms with van der Waals surface area (Å²) in [6.45, 7) is 2.35. The lowest BCUT2D eigenvalue weighted by atomic mass is 10.1. The highest BCUT2D eigenvalue weighted by Gasteiger charge is 2.36. The zero-order chi connectivity index (χ0) is 27.9. The van der Waals surface area contributed by atoms with E-state index in [4.69, 9.17) is 0 Å². The molecule has 7 nitrogen and oxygen atoms in total. The first kappa shape index (κ1) is 25.8. The van der Waals surface area contributed by atoms with Crippen LogP contribution in [-0.4, -0.2) is 51.3 Å². The van der Waals surface area contributed by atoms with E-state index in [1.165, 1.54) is 47.4 Å². The van der Waals surface area contributed by atoms with Crippen molar-refractivity contribution < 1.29 is 22.4 Å².